The minimum Gasteiger partial charge on any atom is -0.348 e. The van der Waals surface area contributed by atoms with Crippen molar-refractivity contribution in [2.75, 3.05) is 11.9 Å². The molecule has 1 atom stereocenters. The van der Waals surface area contributed by atoms with E-state index in [0.717, 1.165) is 12.0 Å². The predicted octanol–water partition coefficient (Wildman–Crippen LogP) is 3.16. The Labute approximate surface area is 140 Å². The van der Waals surface area contributed by atoms with Crippen molar-refractivity contribution in [3.05, 3.63) is 40.9 Å². The molecular formula is C15H15F3N4OS. The number of carbonyl (C=O) groups is 1. The van der Waals surface area contributed by atoms with Crippen molar-refractivity contribution < 1.29 is 18.0 Å². The third kappa shape index (κ3) is 3.84. The van der Waals surface area contributed by atoms with Gasteiger partial charge in [0.25, 0.3) is 0 Å². The van der Waals surface area contributed by atoms with Gasteiger partial charge in [-0.2, -0.15) is 13.2 Å². The van der Waals surface area contributed by atoms with Crippen molar-refractivity contribution in [3.63, 3.8) is 0 Å². The maximum atomic E-state index is 12.6. The number of likely N-dealkylation sites (tertiary alicyclic amines) is 1. The van der Waals surface area contributed by atoms with Gasteiger partial charge >= 0.3 is 6.18 Å². The van der Waals surface area contributed by atoms with Crippen LogP contribution in [-0.4, -0.2) is 33.6 Å². The molecule has 0 spiro atoms. The summed E-state index contributed by atoms with van der Waals surface area (Å²) in [5.41, 5.74) is 1.02. The maximum Gasteiger partial charge on any atom is 0.445 e. The molecule has 1 aliphatic heterocycles. The van der Waals surface area contributed by atoms with Gasteiger partial charge < -0.3 is 10.2 Å². The van der Waals surface area contributed by atoms with Crippen LogP contribution in [0.25, 0.3) is 0 Å². The van der Waals surface area contributed by atoms with Gasteiger partial charge in [-0.1, -0.05) is 41.7 Å². The average Bonchev–Trinajstić information content (AvgIpc) is 3.01. The van der Waals surface area contributed by atoms with E-state index in [2.05, 4.69) is 15.5 Å². The quantitative estimate of drug-likeness (QED) is 0.914. The number of amides is 1. The molecule has 1 aromatic heterocycles. The monoisotopic (exact) mass is 356 g/mol. The Balaban J connectivity index is 1.66. The highest BCUT2D eigenvalue weighted by molar-refractivity contribution is 7.15. The average molecular weight is 356 g/mol. The number of alkyl halides is 3. The van der Waals surface area contributed by atoms with Crippen LogP contribution in [-0.2, 0) is 17.5 Å². The zero-order valence-electron chi connectivity index (χ0n) is 12.6. The molecule has 1 fully saturated rings. The number of piperidine rings is 1. The van der Waals surface area contributed by atoms with E-state index in [0.29, 0.717) is 30.8 Å². The molecule has 0 bridgehead atoms. The molecule has 1 saturated heterocycles. The lowest BCUT2D eigenvalue weighted by atomic mass is 10.0. The fraction of sp³-hybridized carbons (Fsp3) is 0.400. The number of halogens is 3. The van der Waals surface area contributed by atoms with E-state index in [4.69, 9.17) is 0 Å². The smallest absolute Gasteiger partial charge is 0.348 e. The zero-order valence-corrected chi connectivity index (χ0v) is 13.4. The second-order valence-electron chi connectivity index (χ2n) is 5.49. The van der Waals surface area contributed by atoms with Crippen molar-refractivity contribution in [3.8, 4) is 0 Å². The molecule has 3 rings (SSSR count). The number of hydrogen-bond donors (Lipinski definition) is 1. The van der Waals surface area contributed by atoms with E-state index < -0.39 is 17.2 Å². The van der Waals surface area contributed by atoms with Crippen LogP contribution >= 0.6 is 11.3 Å². The highest BCUT2D eigenvalue weighted by Gasteiger charge is 2.36. The molecular weight excluding hydrogens is 341 g/mol. The van der Waals surface area contributed by atoms with Crippen LogP contribution in [0.4, 0.5) is 18.3 Å². The van der Waals surface area contributed by atoms with Crippen LogP contribution in [0.2, 0.25) is 0 Å². The molecule has 1 aliphatic rings. The molecule has 5 nitrogen and oxygen atoms in total. The number of rotatable bonds is 4. The minimum absolute atomic E-state index is 0.0160. The predicted molar refractivity (Wildman–Crippen MR) is 83.4 cm³/mol. The van der Waals surface area contributed by atoms with Gasteiger partial charge in [0, 0.05) is 13.1 Å². The third-order valence-corrected chi connectivity index (χ3v) is 4.61. The lowest BCUT2D eigenvalue weighted by Gasteiger charge is -2.32. The topological polar surface area (TPSA) is 58.1 Å². The Morgan fingerprint density at radius 3 is 2.67 bits per heavy atom. The van der Waals surface area contributed by atoms with Gasteiger partial charge in [-0.25, -0.2) is 0 Å². The molecule has 1 amide bonds. The number of benzene rings is 1. The lowest BCUT2D eigenvalue weighted by Crippen LogP contribution is -2.47. The van der Waals surface area contributed by atoms with Crippen LogP contribution in [0, 0.1) is 0 Å². The first kappa shape index (κ1) is 16.7. The van der Waals surface area contributed by atoms with Crippen LogP contribution in [0.3, 0.4) is 0 Å². The number of aromatic nitrogens is 2. The van der Waals surface area contributed by atoms with Crippen molar-refractivity contribution in [2.24, 2.45) is 0 Å². The molecule has 9 heteroatoms. The maximum absolute atomic E-state index is 12.6. The molecule has 2 aromatic rings. The highest BCUT2D eigenvalue weighted by Crippen LogP contribution is 2.33. The van der Waals surface area contributed by atoms with Crippen LogP contribution < -0.4 is 5.32 Å². The van der Waals surface area contributed by atoms with Crippen LogP contribution in [0.1, 0.15) is 23.4 Å². The van der Waals surface area contributed by atoms with Gasteiger partial charge in [0.05, 0.1) is 0 Å². The number of nitrogens with zero attached hydrogens (tertiary/aromatic N) is 3. The number of nitrogens with one attached hydrogen (secondary N) is 1. The normalized spacial score (nSPS) is 18.7. The molecule has 24 heavy (non-hydrogen) atoms. The van der Waals surface area contributed by atoms with Crippen LogP contribution in [0.15, 0.2) is 30.3 Å². The number of anilines is 1. The highest BCUT2D eigenvalue weighted by atomic mass is 32.1. The van der Waals surface area contributed by atoms with E-state index >= 15 is 0 Å². The Kier molecular flexibility index (Phi) is 4.70. The first-order chi connectivity index (χ1) is 11.4. The van der Waals surface area contributed by atoms with Gasteiger partial charge in [-0.15, -0.1) is 10.2 Å². The summed E-state index contributed by atoms with van der Waals surface area (Å²) in [5, 5.41) is 8.40. The van der Waals surface area contributed by atoms with Crippen molar-refractivity contribution in [1.82, 2.24) is 15.1 Å². The molecule has 2 heterocycles. The Morgan fingerprint density at radius 1 is 1.25 bits per heavy atom. The third-order valence-electron chi connectivity index (χ3n) is 3.71. The SMILES string of the molecule is O=C1C(Nc2nnc(C(F)(F)F)s2)CCCN1Cc1ccccc1. The van der Waals surface area contributed by atoms with Crippen LogP contribution in [0.5, 0.6) is 0 Å². The summed E-state index contributed by atoms with van der Waals surface area (Å²) in [4.78, 5) is 14.2. The Hall–Kier alpha value is -2.16. The number of hydrogen-bond acceptors (Lipinski definition) is 5. The lowest BCUT2D eigenvalue weighted by molar-refractivity contribution is -0.138. The van der Waals surface area contributed by atoms with E-state index in [1.54, 1.807) is 4.90 Å². The first-order valence-corrected chi connectivity index (χ1v) is 8.25. The van der Waals surface area contributed by atoms with Crippen molar-refractivity contribution in [1.29, 1.82) is 0 Å². The fourth-order valence-electron chi connectivity index (χ4n) is 2.58. The number of carbonyl (C=O) groups excluding carboxylic acids is 1. The summed E-state index contributed by atoms with van der Waals surface area (Å²) in [7, 11) is 0. The Morgan fingerprint density at radius 2 is 2.00 bits per heavy atom. The van der Waals surface area contributed by atoms with Crippen molar-refractivity contribution in [2.45, 2.75) is 31.6 Å². The van der Waals surface area contributed by atoms with Crippen molar-refractivity contribution >= 4 is 22.4 Å². The summed E-state index contributed by atoms with van der Waals surface area (Å²) in [6, 6.07) is 9.00. The summed E-state index contributed by atoms with van der Waals surface area (Å²) in [5.74, 6) is -0.131. The summed E-state index contributed by atoms with van der Waals surface area (Å²) >= 11 is 0.412. The molecule has 0 radical (unpaired) electrons. The molecule has 128 valence electrons. The first-order valence-electron chi connectivity index (χ1n) is 7.43. The van der Waals surface area contributed by atoms with E-state index in [1.165, 1.54) is 0 Å². The van der Waals surface area contributed by atoms with Gasteiger partial charge in [0.2, 0.25) is 16.0 Å². The summed E-state index contributed by atoms with van der Waals surface area (Å²) < 4.78 is 37.7. The van der Waals surface area contributed by atoms with E-state index in [-0.39, 0.29) is 11.0 Å². The van der Waals surface area contributed by atoms with Gasteiger partial charge in [-0.05, 0) is 18.4 Å². The van der Waals surface area contributed by atoms with Gasteiger partial charge in [-0.3, -0.25) is 4.79 Å². The fourth-order valence-corrected chi connectivity index (χ4v) is 3.24. The minimum atomic E-state index is -4.52. The molecule has 1 N–H and O–H groups in total. The zero-order chi connectivity index (χ0) is 17.2. The standard InChI is InChI=1S/C15H15F3N4OS/c16-15(17,18)13-20-21-14(24-13)19-11-7-4-8-22(12(11)23)9-10-5-2-1-3-6-10/h1-3,5-6,11H,4,7-9H2,(H,19,21). The largest absolute Gasteiger partial charge is 0.445 e. The molecule has 1 aromatic carbocycles. The Bertz CT molecular complexity index is 704. The molecule has 0 aliphatic carbocycles. The molecule has 0 saturated carbocycles. The second kappa shape index (κ2) is 6.76. The van der Waals surface area contributed by atoms with Gasteiger partial charge in [0.1, 0.15) is 6.04 Å². The van der Waals surface area contributed by atoms with Gasteiger partial charge in [0.15, 0.2) is 0 Å². The summed E-state index contributed by atoms with van der Waals surface area (Å²) in [6.45, 7) is 1.12. The summed E-state index contributed by atoms with van der Waals surface area (Å²) in [6.07, 6.45) is -3.18. The van der Waals surface area contributed by atoms with E-state index in [1.807, 2.05) is 30.3 Å². The van der Waals surface area contributed by atoms with E-state index in [9.17, 15) is 18.0 Å². The molecule has 1 unspecified atom stereocenters. The second-order valence-corrected chi connectivity index (χ2v) is 6.47.